The van der Waals surface area contributed by atoms with Gasteiger partial charge in [0.25, 0.3) is 5.91 Å². The monoisotopic (exact) mass is 236 g/mol. The highest BCUT2D eigenvalue weighted by Gasteiger charge is 2.06. The number of nitrogens with zero attached hydrogens (tertiary/aromatic N) is 1. The number of terminal acetylenes is 1. The van der Waals surface area contributed by atoms with Crippen LogP contribution in [0, 0.1) is 19.3 Å². The quantitative estimate of drug-likeness (QED) is 0.495. The minimum atomic E-state index is -0.149. The van der Waals surface area contributed by atoms with E-state index in [1.807, 2.05) is 0 Å². The Bertz CT molecular complexity index is 403. The summed E-state index contributed by atoms with van der Waals surface area (Å²) in [7, 11) is 0. The van der Waals surface area contributed by atoms with E-state index < -0.39 is 0 Å². The predicted octanol–water partition coefficient (Wildman–Crippen LogP) is 2.19. The van der Waals surface area contributed by atoms with E-state index >= 15 is 0 Å². The number of halogens is 1. The first-order valence-corrected chi connectivity index (χ1v) is 5.37. The van der Waals surface area contributed by atoms with Gasteiger partial charge in [-0.1, -0.05) is 11.6 Å². The Morgan fingerprint density at radius 2 is 2.38 bits per heavy atom. The van der Waals surface area contributed by atoms with Gasteiger partial charge in [0.15, 0.2) is 0 Å². The van der Waals surface area contributed by atoms with Crippen LogP contribution >= 0.6 is 11.6 Å². The van der Waals surface area contributed by atoms with E-state index in [0.29, 0.717) is 23.7 Å². The molecule has 1 N–H and O–H groups in total. The Kier molecular flexibility index (Phi) is 4.81. The molecule has 0 saturated heterocycles. The molecule has 0 unspecified atom stereocenters. The Labute approximate surface area is 100 Å². The summed E-state index contributed by atoms with van der Waals surface area (Å²) >= 11 is 5.76. The van der Waals surface area contributed by atoms with Crippen molar-refractivity contribution in [2.45, 2.75) is 19.8 Å². The molecule has 0 atom stereocenters. The SMILES string of the molecule is C#CCCCNC(=O)c1cc(C)nc(Cl)c1. The van der Waals surface area contributed by atoms with Crippen LogP contribution in [0.15, 0.2) is 12.1 Å². The van der Waals surface area contributed by atoms with Crippen molar-refractivity contribution in [2.24, 2.45) is 0 Å². The van der Waals surface area contributed by atoms with Crippen molar-refractivity contribution >= 4 is 17.5 Å². The summed E-state index contributed by atoms with van der Waals surface area (Å²) in [5, 5.41) is 3.09. The molecule has 1 aromatic heterocycles. The number of aromatic nitrogens is 1. The fraction of sp³-hybridized carbons (Fsp3) is 0.333. The summed E-state index contributed by atoms with van der Waals surface area (Å²) in [6.07, 6.45) is 6.55. The van der Waals surface area contributed by atoms with Crippen LogP contribution in [0.1, 0.15) is 28.9 Å². The third-order valence-corrected chi connectivity index (χ3v) is 2.16. The molecule has 1 aromatic rings. The third-order valence-electron chi connectivity index (χ3n) is 1.97. The number of hydrogen-bond donors (Lipinski definition) is 1. The molecule has 0 fully saturated rings. The zero-order chi connectivity index (χ0) is 12.0. The van der Waals surface area contributed by atoms with E-state index in [-0.39, 0.29) is 5.91 Å². The van der Waals surface area contributed by atoms with Crippen LogP contribution in [0.4, 0.5) is 0 Å². The number of nitrogens with one attached hydrogen (secondary N) is 1. The van der Waals surface area contributed by atoms with E-state index in [1.165, 1.54) is 0 Å². The molecule has 0 bridgehead atoms. The average Bonchev–Trinajstić information content (AvgIpc) is 2.22. The maximum Gasteiger partial charge on any atom is 0.251 e. The lowest BCUT2D eigenvalue weighted by Gasteiger charge is -2.05. The number of rotatable bonds is 4. The largest absolute Gasteiger partial charge is 0.352 e. The van der Waals surface area contributed by atoms with Crippen molar-refractivity contribution in [2.75, 3.05) is 6.54 Å². The fourth-order valence-corrected chi connectivity index (χ4v) is 1.50. The Hall–Kier alpha value is -1.53. The van der Waals surface area contributed by atoms with E-state index in [4.69, 9.17) is 18.0 Å². The van der Waals surface area contributed by atoms with Gasteiger partial charge in [0.2, 0.25) is 0 Å². The maximum absolute atomic E-state index is 11.7. The van der Waals surface area contributed by atoms with Crippen molar-refractivity contribution in [1.82, 2.24) is 10.3 Å². The van der Waals surface area contributed by atoms with E-state index in [0.717, 1.165) is 12.1 Å². The molecule has 4 heteroatoms. The standard InChI is InChI=1S/C12H13ClN2O/c1-3-4-5-6-14-12(16)10-7-9(2)15-11(13)8-10/h1,7-8H,4-6H2,2H3,(H,14,16). The number of unbranched alkanes of at least 4 members (excludes halogenated alkanes) is 1. The molecule has 0 saturated carbocycles. The molecular weight excluding hydrogens is 224 g/mol. The zero-order valence-corrected chi connectivity index (χ0v) is 9.84. The molecule has 0 spiro atoms. The van der Waals surface area contributed by atoms with Gasteiger partial charge in [-0.3, -0.25) is 4.79 Å². The molecular formula is C12H13ClN2O. The van der Waals surface area contributed by atoms with Gasteiger partial charge in [-0.25, -0.2) is 4.98 Å². The van der Waals surface area contributed by atoms with Crippen molar-refractivity contribution in [3.05, 3.63) is 28.5 Å². The lowest BCUT2D eigenvalue weighted by Crippen LogP contribution is -2.24. The van der Waals surface area contributed by atoms with E-state index in [1.54, 1.807) is 19.1 Å². The Morgan fingerprint density at radius 3 is 3.00 bits per heavy atom. The average molecular weight is 237 g/mol. The number of aryl methyl sites for hydroxylation is 1. The van der Waals surface area contributed by atoms with Crippen LogP contribution in [0.25, 0.3) is 0 Å². The van der Waals surface area contributed by atoms with Crippen LogP contribution in [-0.2, 0) is 0 Å². The van der Waals surface area contributed by atoms with Crippen molar-refractivity contribution < 1.29 is 4.79 Å². The molecule has 3 nitrogen and oxygen atoms in total. The van der Waals surface area contributed by atoms with Crippen LogP contribution in [0.3, 0.4) is 0 Å². The number of carbonyl (C=O) groups excluding carboxylic acids is 1. The highest BCUT2D eigenvalue weighted by atomic mass is 35.5. The summed E-state index contributed by atoms with van der Waals surface area (Å²) < 4.78 is 0. The number of carbonyl (C=O) groups is 1. The van der Waals surface area contributed by atoms with Crippen LogP contribution in [0.2, 0.25) is 5.15 Å². The maximum atomic E-state index is 11.7. The summed E-state index contributed by atoms with van der Waals surface area (Å²) in [5.41, 5.74) is 1.25. The van der Waals surface area contributed by atoms with E-state index in [9.17, 15) is 4.79 Å². The second-order valence-electron chi connectivity index (χ2n) is 3.38. The molecule has 0 aliphatic carbocycles. The molecule has 0 aromatic carbocycles. The van der Waals surface area contributed by atoms with Gasteiger partial charge >= 0.3 is 0 Å². The molecule has 16 heavy (non-hydrogen) atoms. The number of pyridine rings is 1. The van der Waals surface area contributed by atoms with Crippen molar-refractivity contribution in [1.29, 1.82) is 0 Å². The molecule has 0 radical (unpaired) electrons. The van der Waals surface area contributed by atoms with Crippen LogP contribution in [0.5, 0.6) is 0 Å². The van der Waals surface area contributed by atoms with Crippen molar-refractivity contribution in [3.8, 4) is 12.3 Å². The Morgan fingerprint density at radius 1 is 1.62 bits per heavy atom. The number of hydrogen-bond acceptors (Lipinski definition) is 2. The molecule has 1 heterocycles. The van der Waals surface area contributed by atoms with Gasteiger partial charge < -0.3 is 5.32 Å². The first kappa shape index (κ1) is 12.5. The lowest BCUT2D eigenvalue weighted by atomic mass is 10.2. The molecule has 1 rings (SSSR count). The lowest BCUT2D eigenvalue weighted by molar-refractivity contribution is 0.0953. The van der Waals surface area contributed by atoms with Crippen LogP contribution < -0.4 is 5.32 Å². The molecule has 0 aliphatic heterocycles. The van der Waals surface area contributed by atoms with Gasteiger partial charge in [0.1, 0.15) is 5.15 Å². The molecule has 0 aliphatic rings. The minimum absolute atomic E-state index is 0.149. The minimum Gasteiger partial charge on any atom is -0.352 e. The molecule has 84 valence electrons. The van der Waals surface area contributed by atoms with Gasteiger partial charge in [-0.15, -0.1) is 12.3 Å². The second kappa shape index (κ2) is 6.14. The summed E-state index contributed by atoms with van der Waals surface area (Å²) in [6.45, 7) is 2.36. The van der Waals surface area contributed by atoms with Crippen LogP contribution in [-0.4, -0.2) is 17.4 Å². The number of amides is 1. The summed E-state index contributed by atoms with van der Waals surface area (Å²) in [5.74, 6) is 2.37. The first-order valence-electron chi connectivity index (χ1n) is 4.99. The van der Waals surface area contributed by atoms with Gasteiger partial charge in [-0.05, 0) is 25.5 Å². The Balaban J connectivity index is 2.56. The van der Waals surface area contributed by atoms with Crippen molar-refractivity contribution in [3.63, 3.8) is 0 Å². The zero-order valence-electron chi connectivity index (χ0n) is 9.09. The predicted molar refractivity (Wildman–Crippen MR) is 64.4 cm³/mol. The molecule has 1 amide bonds. The smallest absolute Gasteiger partial charge is 0.251 e. The van der Waals surface area contributed by atoms with Gasteiger partial charge in [-0.2, -0.15) is 0 Å². The highest BCUT2D eigenvalue weighted by molar-refractivity contribution is 6.29. The summed E-state index contributed by atoms with van der Waals surface area (Å²) in [6, 6.07) is 3.24. The van der Waals surface area contributed by atoms with Gasteiger partial charge in [0, 0.05) is 24.2 Å². The van der Waals surface area contributed by atoms with E-state index in [2.05, 4.69) is 16.2 Å². The van der Waals surface area contributed by atoms with Gasteiger partial charge in [0.05, 0.1) is 0 Å². The fourth-order valence-electron chi connectivity index (χ4n) is 1.25. The summed E-state index contributed by atoms with van der Waals surface area (Å²) in [4.78, 5) is 15.6. The highest BCUT2D eigenvalue weighted by Crippen LogP contribution is 2.10. The second-order valence-corrected chi connectivity index (χ2v) is 3.77. The third kappa shape index (κ3) is 3.92. The topological polar surface area (TPSA) is 42.0 Å². The first-order chi connectivity index (χ1) is 7.63. The normalized spacial score (nSPS) is 9.56.